The van der Waals surface area contributed by atoms with Gasteiger partial charge in [0.15, 0.2) is 5.13 Å². The van der Waals surface area contributed by atoms with E-state index in [1.807, 2.05) is 41.3 Å². The average molecular weight is 442 g/mol. The molecule has 2 aliphatic rings. The Balaban J connectivity index is 1.21. The van der Waals surface area contributed by atoms with Crippen molar-refractivity contribution in [3.63, 3.8) is 0 Å². The number of anilines is 2. The summed E-state index contributed by atoms with van der Waals surface area (Å²) in [5.74, 6) is 0.329. The molecule has 1 amide bonds. The van der Waals surface area contributed by atoms with Gasteiger partial charge in [-0.2, -0.15) is 0 Å². The van der Waals surface area contributed by atoms with Crippen molar-refractivity contribution in [3.8, 4) is 0 Å². The number of piperidine rings is 1. The number of carbonyl (C=O) groups excluding carboxylic acids is 1. The van der Waals surface area contributed by atoms with Crippen molar-refractivity contribution in [2.75, 3.05) is 49.1 Å². The predicted molar refractivity (Wildman–Crippen MR) is 123 cm³/mol. The Morgan fingerprint density at radius 2 is 1.83 bits per heavy atom. The fourth-order valence-electron chi connectivity index (χ4n) is 4.34. The molecule has 156 valence electrons. The number of fused-ring (bicyclic) bond motifs is 1. The summed E-state index contributed by atoms with van der Waals surface area (Å²) < 4.78 is 0. The van der Waals surface area contributed by atoms with Gasteiger partial charge < -0.3 is 14.7 Å². The summed E-state index contributed by atoms with van der Waals surface area (Å²) in [6, 6.07) is 11.8. The molecule has 30 heavy (non-hydrogen) atoms. The Morgan fingerprint density at radius 3 is 2.60 bits per heavy atom. The molecule has 4 heterocycles. The highest BCUT2D eigenvalue weighted by Gasteiger charge is 2.32. The molecule has 0 spiro atoms. The van der Waals surface area contributed by atoms with E-state index in [0.29, 0.717) is 0 Å². The highest BCUT2D eigenvalue weighted by molar-refractivity contribution is 7.21. The summed E-state index contributed by atoms with van der Waals surface area (Å²) in [6.45, 7) is 4.94. The van der Waals surface area contributed by atoms with E-state index < -0.39 is 0 Å². The van der Waals surface area contributed by atoms with Crippen LogP contribution in [-0.4, -0.2) is 60.0 Å². The molecule has 2 aromatic heterocycles. The van der Waals surface area contributed by atoms with Gasteiger partial charge in [-0.25, -0.2) is 9.97 Å². The van der Waals surface area contributed by atoms with Gasteiger partial charge in [0.25, 0.3) is 0 Å². The fraction of sp³-hybridized carbons (Fsp3) is 0.409. The Kier molecular flexibility index (Phi) is 5.48. The van der Waals surface area contributed by atoms with Gasteiger partial charge in [-0.3, -0.25) is 4.79 Å². The van der Waals surface area contributed by atoms with Gasteiger partial charge in [-0.1, -0.05) is 22.9 Å². The van der Waals surface area contributed by atoms with Crippen LogP contribution in [0.1, 0.15) is 12.8 Å². The molecule has 0 bridgehead atoms. The summed E-state index contributed by atoms with van der Waals surface area (Å²) in [7, 11) is 0. The van der Waals surface area contributed by atoms with E-state index >= 15 is 0 Å². The van der Waals surface area contributed by atoms with E-state index in [4.69, 9.17) is 16.6 Å². The van der Waals surface area contributed by atoms with Crippen molar-refractivity contribution in [1.82, 2.24) is 14.9 Å². The molecular weight excluding hydrogens is 418 g/mol. The van der Waals surface area contributed by atoms with Crippen LogP contribution in [0.4, 0.5) is 10.8 Å². The second-order valence-corrected chi connectivity index (χ2v) is 9.29. The maximum absolute atomic E-state index is 13.2. The number of benzene rings is 1. The van der Waals surface area contributed by atoms with Gasteiger partial charge in [0.05, 0.1) is 5.92 Å². The number of hydrogen-bond donors (Lipinski definition) is 0. The lowest BCUT2D eigenvalue weighted by Crippen LogP contribution is -2.52. The molecule has 2 aliphatic heterocycles. The Bertz CT molecular complexity index is 998. The molecule has 0 saturated carbocycles. The van der Waals surface area contributed by atoms with E-state index in [2.05, 4.69) is 14.8 Å². The smallest absolute Gasteiger partial charge is 0.227 e. The largest absolute Gasteiger partial charge is 0.368 e. The first kappa shape index (κ1) is 19.6. The van der Waals surface area contributed by atoms with Crippen molar-refractivity contribution < 1.29 is 4.79 Å². The number of pyridine rings is 1. The van der Waals surface area contributed by atoms with Gasteiger partial charge in [0, 0.05) is 56.2 Å². The third-order valence-corrected chi connectivity index (χ3v) is 7.27. The van der Waals surface area contributed by atoms with Crippen LogP contribution in [0.15, 0.2) is 42.6 Å². The lowest BCUT2D eigenvalue weighted by molar-refractivity contribution is -0.136. The zero-order valence-corrected chi connectivity index (χ0v) is 18.3. The zero-order valence-electron chi connectivity index (χ0n) is 16.7. The summed E-state index contributed by atoms with van der Waals surface area (Å²) in [4.78, 5) is 29.9. The molecular formula is C22H24ClN5OS. The molecule has 2 fully saturated rings. The maximum atomic E-state index is 13.2. The van der Waals surface area contributed by atoms with Gasteiger partial charge in [0.1, 0.15) is 10.3 Å². The van der Waals surface area contributed by atoms with E-state index in [1.54, 1.807) is 17.5 Å². The monoisotopic (exact) mass is 441 g/mol. The topological polar surface area (TPSA) is 52.6 Å². The molecule has 0 aliphatic carbocycles. The quantitative estimate of drug-likeness (QED) is 0.616. The molecule has 3 aromatic rings. The minimum atomic E-state index is 0.0424. The first-order chi connectivity index (χ1) is 14.7. The van der Waals surface area contributed by atoms with E-state index in [0.717, 1.165) is 72.6 Å². The third kappa shape index (κ3) is 3.96. The second-order valence-electron chi connectivity index (χ2n) is 7.90. The first-order valence-corrected chi connectivity index (χ1v) is 11.6. The summed E-state index contributed by atoms with van der Waals surface area (Å²) in [6.07, 6.45) is 3.77. The minimum Gasteiger partial charge on any atom is -0.368 e. The van der Waals surface area contributed by atoms with E-state index in [-0.39, 0.29) is 11.8 Å². The third-order valence-electron chi connectivity index (χ3n) is 5.98. The van der Waals surface area contributed by atoms with Gasteiger partial charge in [-0.05, 0) is 49.2 Å². The molecule has 0 radical (unpaired) electrons. The molecule has 2 saturated heterocycles. The number of nitrogens with zero attached hydrogens (tertiary/aromatic N) is 5. The fourth-order valence-corrected chi connectivity index (χ4v) is 5.41. The Hall–Kier alpha value is -2.38. The molecule has 1 atom stereocenters. The van der Waals surface area contributed by atoms with Crippen LogP contribution in [0.3, 0.4) is 0 Å². The lowest BCUT2D eigenvalue weighted by atomic mass is 9.96. The van der Waals surface area contributed by atoms with Crippen LogP contribution in [0.25, 0.3) is 10.3 Å². The molecule has 1 unspecified atom stereocenters. The van der Waals surface area contributed by atoms with Crippen molar-refractivity contribution in [3.05, 3.63) is 47.6 Å². The molecule has 6 nitrogen and oxygen atoms in total. The highest BCUT2D eigenvalue weighted by atomic mass is 35.5. The first-order valence-electron chi connectivity index (χ1n) is 10.4. The number of piperazine rings is 1. The van der Waals surface area contributed by atoms with Gasteiger partial charge >= 0.3 is 0 Å². The van der Waals surface area contributed by atoms with Crippen LogP contribution >= 0.6 is 22.9 Å². The predicted octanol–water partition coefficient (Wildman–Crippen LogP) is 3.91. The van der Waals surface area contributed by atoms with Crippen molar-refractivity contribution in [1.29, 1.82) is 0 Å². The van der Waals surface area contributed by atoms with Crippen LogP contribution in [0, 0.1) is 5.92 Å². The number of carbonyl (C=O) groups is 1. The number of rotatable bonds is 3. The molecule has 1 aromatic carbocycles. The summed E-state index contributed by atoms with van der Waals surface area (Å²) in [5, 5.41) is 1.73. The number of halogens is 1. The molecule has 8 heteroatoms. The lowest BCUT2D eigenvalue weighted by Gasteiger charge is -2.39. The van der Waals surface area contributed by atoms with Crippen LogP contribution in [0.5, 0.6) is 0 Å². The van der Waals surface area contributed by atoms with Gasteiger partial charge in [0.2, 0.25) is 5.91 Å². The standard InChI is InChI=1S/C22H24ClN5OS/c23-17-5-7-18(8-6-17)26-11-13-27(14-12-26)21(29)16-3-2-10-28(15-16)22-25-19-4-1-9-24-20(19)30-22/h1,4-9,16H,2-3,10-15H2. The van der Waals surface area contributed by atoms with E-state index in [9.17, 15) is 4.79 Å². The summed E-state index contributed by atoms with van der Waals surface area (Å²) >= 11 is 7.61. The average Bonchev–Trinajstić information content (AvgIpc) is 3.24. The van der Waals surface area contributed by atoms with Crippen LogP contribution in [0.2, 0.25) is 5.02 Å². The van der Waals surface area contributed by atoms with Crippen molar-refractivity contribution in [2.45, 2.75) is 12.8 Å². The van der Waals surface area contributed by atoms with Gasteiger partial charge in [-0.15, -0.1) is 0 Å². The maximum Gasteiger partial charge on any atom is 0.227 e. The number of amides is 1. The Morgan fingerprint density at radius 1 is 1.03 bits per heavy atom. The number of aromatic nitrogens is 2. The normalized spacial score (nSPS) is 20.0. The molecule has 5 rings (SSSR count). The zero-order chi connectivity index (χ0) is 20.5. The summed E-state index contributed by atoms with van der Waals surface area (Å²) in [5.41, 5.74) is 2.10. The van der Waals surface area contributed by atoms with E-state index in [1.165, 1.54) is 5.69 Å². The van der Waals surface area contributed by atoms with Crippen LogP contribution < -0.4 is 9.80 Å². The number of hydrogen-bond acceptors (Lipinski definition) is 6. The van der Waals surface area contributed by atoms with Crippen molar-refractivity contribution >= 4 is 50.0 Å². The highest BCUT2D eigenvalue weighted by Crippen LogP contribution is 2.31. The van der Waals surface area contributed by atoms with Crippen molar-refractivity contribution in [2.24, 2.45) is 5.92 Å². The minimum absolute atomic E-state index is 0.0424. The number of thiazole rings is 1. The van der Waals surface area contributed by atoms with Crippen LogP contribution in [-0.2, 0) is 4.79 Å². The molecule has 0 N–H and O–H groups in total. The Labute approximate surface area is 185 Å². The second kappa shape index (κ2) is 8.40. The SMILES string of the molecule is O=C(C1CCCN(c2nc3cccnc3s2)C1)N1CCN(c2ccc(Cl)cc2)CC1.